The molecule has 1 aliphatic heterocycles. The van der Waals surface area contributed by atoms with Gasteiger partial charge in [0.15, 0.2) is 6.29 Å². The summed E-state index contributed by atoms with van der Waals surface area (Å²) in [5.74, 6) is -0.545. The molecule has 0 bridgehead atoms. The third-order valence-corrected chi connectivity index (χ3v) is 3.72. The third kappa shape index (κ3) is 5.35. The Labute approximate surface area is 134 Å². The van der Waals surface area contributed by atoms with Crippen LogP contribution in [0, 0.1) is 5.92 Å². The molecule has 1 fully saturated rings. The predicted octanol–water partition coefficient (Wildman–Crippen LogP) is -2.68. The van der Waals surface area contributed by atoms with Crippen LogP contribution >= 0.6 is 0 Å². The van der Waals surface area contributed by atoms with E-state index >= 15 is 0 Å². The monoisotopic (exact) mass is 337 g/mol. The molecule has 0 saturated carbocycles. The molecule has 1 rings (SSSR count). The molecule has 23 heavy (non-hydrogen) atoms. The number of hydrogen-bond acceptors (Lipinski definition) is 8. The van der Waals surface area contributed by atoms with Gasteiger partial charge in [-0.25, -0.2) is 0 Å². The lowest BCUT2D eigenvalue weighted by Crippen LogP contribution is -2.60. The maximum atomic E-state index is 11.7. The Kier molecular flexibility index (Phi) is 7.81. The van der Waals surface area contributed by atoms with Crippen LogP contribution < -0.4 is 5.32 Å². The van der Waals surface area contributed by atoms with Crippen molar-refractivity contribution < 1.29 is 39.8 Å². The Morgan fingerprint density at radius 1 is 1.17 bits per heavy atom. The van der Waals surface area contributed by atoms with E-state index in [2.05, 4.69) is 5.32 Å². The first-order valence-corrected chi connectivity index (χ1v) is 7.59. The Hall–Kier alpha value is -0.810. The van der Waals surface area contributed by atoms with E-state index in [1.54, 1.807) is 13.8 Å². The van der Waals surface area contributed by atoms with Crippen LogP contribution in [0.4, 0.5) is 0 Å². The molecule has 1 amide bonds. The molecule has 0 aromatic rings. The van der Waals surface area contributed by atoms with E-state index in [0.717, 1.165) is 0 Å². The predicted molar refractivity (Wildman–Crippen MR) is 78.2 cm³/mol. The van der Waals surface area contributed by atoms with Gasteiger partial charge in [0.2, 0.25) is 5.91 Å². The number of ether oxygens (including phenoxy) is 2. The molecule has 7 atom stereocenters. The molecule has 0 aromatic carbocycles. The molecule has 9 nitrogen and oxygen atoms in total. The standard InChI is InChI=1S/C14H27NO8/c1-6(2)13(21)15-8(7(3)17)5-22-14-12(20)11(19)10(18)9(4-16)23-14/h6-12,14,16-20H,4-5H2,1-3H3,(H,15,21)/t7?,8?,9?,10-,11?,12?,14-/m0/s1. The van der Waals surface area contributed by atoms with E-state index in [1.807, 2.05) is 0 Å². The molecule has 1 saturated heterocycles. The summed E-state index contributed by atoms with van der Waals surface area (Å²) in [7, 11) is 0. The zero-order valence-electron chi connectivity index (χ0n) is 13.5. The lowest BCUT2D eigenvalue weighted by atomic mass is 9.99. The minimum Gasteiger partial charge on any atom is -0.394 e. The number of aliphatic hydroxyl groups is 5. The van der Waals surface area contributed by atoms with Crippen molar-refractivity contribution in [1.29, 1.82) is 0 Å². The maximum Gasteiger partial charge on any atom is 0.222 e. The second kappa shape index (κ2) is 8.88. The minimum atomic E-state index is -1.54. The van der Waals surface area contributed by atoms with Crippen molar-refractivity contribution in [1.82, 2.24) is 5.32 Å². The van der Waals surface area contributed by atoms with E-state index in [9.17, 15) is 25.2 Å². The molecule has 9 heteroatoms. The largest absolute Gasteiger partial charge is 0.394 e. The highest BCUT2D eigenvalue weighted by Crippen LogP contribution is 2.22. The Morgan fingerprint density at radius 3 is 2.26 bits per heavy atom. The normalized spacial score (nSPS) is 34.2. The Bertz CT molecular complexity index is 376. The number of carbonyl (C=O) groups is 1. The van der Waals surface area contributed by atoms with Gasteiger partial charge < -0.3 is 40.3 Å². The lowest BCUT2D eigenvalue weighted by Gasteiger charge is -2.40. The topological polar surface area (TPSA) is 149 Å². The second-order valence-corrected chi connectivity index (χ2v) is 6.04. The number of aliphatic hydroxyl groups excluding tert-OH is 5. The van der Waals surface area contributed by atoms with Gasteiger partial charge in [-0.1, -0.05) is 13.8 Å². The van der Waals surface area contributed by atoms with Gasteiger partial charge in [0.05, 0.1) is 25.4 Å². The van der Waals surface area contributed by atoms with Crippen molar-refractivity contribution >= 4 is 5.91 Å². The van der Waals surface area contributed by atoms with Gasteiger partial charge in [-0.3, -0.25) is 4.79 Å². The first-order valence-electron chi connectivity index (χ1n) is 7.59. The lowest BCUT2D eigenvalue weighted by molar-refractivity contribution is -0.302. The van der Waals surface area contributed by atoms with E-state index in [1.165, 1.54) is 6.92 Å². The molecular weight excluding hydrogens is 310 g/mol. The molecule has 5 unspecified atom stereocenters. The number of rotatable bonds is 7. The molecule has 1 aliphatic rings. The van der Waals surface area contributed by atoms with Crippen LogP contribution in [0.1, 0.15) is 20.8 Å². The fraction of sp³-hybridized carbons (Fsp3) is 0.929. The van der Waals surface area contributed by atoms with Gasteiger partial charge in [-0.15, -0.1) is 0 Å². The van der Waals surface area contributed by atoms with Gasteiger partial charge in [0.25, 0.3) is 0 Å². The summed E-state index contributed by atoms with van der Waals surface area (Å²) < 4.78 is 10.5. The molecule has 0 aromatic heterocycles. The van der Waals surface area contributed by atoms with Crippen molar-refractivity contribution in [2.75, 3.05) is 13.2 Å². The van der Waals surface area contributed by atoms with Crippen molar-refractivity contribution in [3.05, 3.63) is 0 Å². The fourth-order valence-electron chi connectivity index (χ4n) is 2.05. The summed E-state index contributed by atoms with van der Waals surface area (Å²) in [5, 5.41) is 50.6. The van der Waals surface area contributed by atoms with Crippen LogP contribution in [0.3, 0.4) is 0 Å². The molecule has 0 spiro atoms. The summed E-state index contributed by atoms with van der Waals surface area (Å²) in [6, 6.07) is -0.739. The van der Waals surface area contributed by atoms with Gasteiger partial charge in [0.1, 0.15) is 24.4 Å². The number of carbonyl (C=O) groups excluding carboxylic acids is 1. The van der Waals surface area contributed by atoms with Gasteiger partial charge in [-0.05, 0) is 6.92 Å². The van der Waals surface area contributed by atoms with Crippen molar-refractivity contribution in [2.45, 2.75) is 63.6 Å². The Balaban J connectivity index is 2.63. The molecule has 0 radical (unpaired) electrons. The summed E-state index contributed by atoms with van der Waals surface area (Å²) in [4.78, 5) is 11.7. The number of nitrogens with one attached hydrogen (secondary N) is 1. The zero-order chi connectivity index (χ0) is 17.7. The highest BCUT2D eigenvalue weighted by Gasteiger charge is 2.44. The van der Waals surface area contributed by atoms with Crippen LogP contribution in [0.2, 0.25) is 0 Å². The van der Waals surface area contributed by atoms with E-state index < -0.39 is 49.5 Å². The van der Waals surface area contributed by atoms with Gasteiger partial charge in [-0.2, -0.15) is 0 Å². The molecular formula is C14H27NO8. The van der Waals surface area contributed by atoms with Crippen molar-refractivity contribution in [2.24, 2.45) is 5.92 Å². The number of hydrogen-bond donors (Lipinski definition) is 6. The van der Waals surface area contributed by atoms with Gasteiger partial charge in [0, 0.05) is 5.92 Å². The van der Waals surface area contributed by atoms with Crippen LogP contribution in [0.25, 0.3) is 0 Å². The average molecular weight is 337 g/mol. The maximum absolute atomic E-state index is 11.7. The van der Waals surface area contributed by atoms with Crippen LogP contribution in [0.15, 0.2) is 0 Å². The van der Waals surface area contributed by atoms with Gasteiger partial charge >= 0.3 is 0 Å². The average Bonchev–Trinajstić information content (AvgIpc) is 2.50. The first-order chi connectivity index (χ1) is 10.7. The van der Waals surface area contributed by atoms with E-state index in [0.29, 0.717) is 0 Å². The molecule has 1 heterocycles. The summed E-state index contributed by atoms with van der Waals surface area (Å²) in [5.41, 5.74) is 0. The quantitative estimate of drug-likeness (QED) is 0.294. The number of amides is 1. The van der Waals surface area contributed by atoms with Crippen LogP contribution in [-0.4, -0.2) is 87.5 Å². The SMILES string of the molecule is CC(C)C(=O)NC(CO[C@H]1OC(CO)[C@H](O)C(O)C1O)C(C)O. The van der Waals surface area contributed by atoms with E-state index in [4.69, 9.17) is 14.6 Å². The minimum absolute atomic E-state index is 0.182. The second-order valence-electron chi connectivity index (χ2n) is 6.04. The smallest absolute Gasteiger partial charge is 0.222 e. The summed E-state index contributed by atoms with van der Waals surface area (Å²) in [6.45, 7) is 4.13. The highest BCUT2D eigenvalue weighted by molar-refractivity contribution is 5.78. The summed E-state index contributed by atoms with van der Waals surface area (Å²) >= 11 is 0. The van der Waals surface area contributed by atoms with Crippen LogP contribution in [-0.2, 0) is 14.3 Å². The van der Waals surface area contributed by atoms with E-state index in [-0.39, 0.29) is 18.4 Å². The fourth-order valence-corrected chi connectivity index (χ4v) is 2.05. The molecule has 0 aliphatic carbocycles. The van der Waals surface area contributed by atoms with Crippen LogP contribution in [0.5, 0.6) is 0 Å². The third-order valence-electron chi connectivity index (χ3n) is 3.72. The van der Waals surface area contributed by atoms with Crippen molar-refractivity contribution in [3.63, 3.8) is 0 Å². The molecule has 6 N–H and O–H groups in total. The highest BCUT2D eigenvalue weighted by atomic mass is 16.7. The zero-order valence-corrected chi connectivity index (χ0v) is 13.5. The summed E-state index contributed by atoms with van der Waals surface area (Å²) in [6.07, 6.45) is -7.83. The Morgan fingerprint density at radius 2 is 1.78 bits per heavy atom. The first kappa shape index (κ1) is 20.2. The van der Waals surface area contributed by atoms with Crippen molar-refractivity contribution in [3.8, 4) is 0 Å². The molecule has 136 valence electrons.